The van der Waals surface area contributed by atoms with Crippen LogP contribution in [0.25, 0.3) is 0 Å². The molecule has 0 unspecified atom stereocenters. The Kier molecular flexibility index (Phi) is 5.56. The van der Waals surface area contributed by atoms with Crippen LogP contribution in [-0.4, -0.2) is 39.4 Å². The molecule has 2 aromatic rings. The minimum atomic E-state index is -3.68. The molecule has 3 rings (SSSR count). The summed E-state index contributed by atoms with van der Waals surface area (Å²) in [5.41, 5.74) is 1.86. The summed E-state index contributed by atoms with van der Waals surface area (Å²) in [4.78, 5) is 15.0. The van der Waals surface area contributed by atoms with Crippen LogP contribution in [0.15, 0.2) is 53.4 Å². The highest BCUT2D eigenvalue weighted by Crippen LogP contribution is 2.27. The molecule has 0 bridgehead atoms. The first kappa shape index (κ1) is 19.4. The van der Waals surface area contributed by atoms with Crippen molar-refractivity contribution in [1.29, 1.82) is 0 Å². The molecule has 1 heterocycles. The maximum Gasteiger partial charge on any atom is 0.264 e. The minimum absolute atomic E-state index is 0.0340. The number of sulfonamides is 1. The highest BCUT2D eigenvalue weighted by atomic mass is 32.2. The zero-order valence-corrected chi connectivity index (χ0v) is 16.9. The van der Waals surface area contributed by atoms with Gasteiger partial charge in [-0.25, -0.2) is 8.42 Å². The third kappa shape index (κ3) is 4.00. The molecule has 6 heteroatoms. The van der Waals surface area contributed by atoms with E-state index in [-0.39, 0.29) is 10.8 Å². The van der Waals surface area contributed by atoms with Gasteiger partial charge in [-0.3, -0.25) is 9.10 Å². The highest BCUT2D eigenvalue weighted by molar-refractivity contribution is 7.92. The normalized spacial score (nSPS) is 17.6. The number of rotatable bonds is 4. The van der Waals surface area contributed by atoms with Crippen LogP contribution in [0.5, 0.6) is 0 Å². The molecule has 1 amide bonds. The van der Waals surface area contributed by atoms with Gasteiger partial charge in [0.1, 0.15) is 0 Å². The Hall–Kier alpha value is -2.34. The van der Waals surface area contributed by atoms with Gasteiger partial charge >= 0.3 is 0 Å². The molecule has 1 atom stereocenters. The van der Waals surface area contributed by atoms with Crippen molar-refractivity contribution in [3.63, 3.8) is 0 Å². The van der Waals surface area contributed by atoms with Gasteiger partial charge in [-0.05, 0) is 55.5 Å². The van der Waals surface area contributed by atoms with Crippen molar-refractivity contribution in [1.82, 2.24) is 4.90 Å². The Labute approximate surface area is 161 Å². The maximum atomic E-state index is 12.9. The molecule has 1 aliphatic heterocycles. The Morgan fingerprint density at radius 2 is 1.85 bits per heavy atom. The van der Waals surface area contributed by atoms with E-state index in [9.17, 15) is 13.2 Å². The molecule has 1 fully saturated rings. The molecule has 0 aliphatic carbocycles. The monoisotopic (exact) mass is 386 g/mol. The van der Waals surface area contributed by atoms with E-state index in [0.29, 0.717) is 17.2 Å². The number of piperidine rings is 1. The lowest BCUT2D eigenvalue weighted by Crippen LogP contribution is -2.39. The Morgan fingerprint density at radius 3 is 2.52 bits per heavy atom. The van der Waals surface area contributed by atoms with E-state index in [1.165, 1.54) is 11.4 Å². The molecule has 0 spiro atoms. The fraction of sp³-hybridized carbons (Fsp3) is 0.381. The molecule has 1 saturated heterocycles. The molecular formula is C21H26N2O3S. The van der Waals surface area contributed by atoms with Crippen LogP contribution < -0.4 is 4.31 Å². The zero-order chi connectivity index (χ0) is 19.6. The third-order valence-electron chi connectivity index (χ3n) is 5.14. The molecular weight excluding hydrogens is 360 g/mol. The van der Waals surface area contributed by atoms with Crippen LogP contribution in [-0.2, 0) is 10.0 Å². The smallest absolute Gasteiger partial charge is 0.264 e. The summed E-state index contributed by atoms with van der Waals surface area (Å²) < 4.78 is 27.1. The Bertz CT molecular complexity index is 926. The van der Waals surface area contributed by atoms with Crippen LogP contribution in [0.2, 0.25) is 0 Å². The van der Waals surface area contributed by atoms with Crippen LogP contribution in [0, 0.1) is 12.8 Å². The second kappa shape index (κ2) is 7.72. The van der Waals surface area contributed by atoms with E-state index in [1.807, 2.05) is 17.9 Å². The first-order valence-corrected chi connectivity index (χ1v) is 10.7. The van der Waals surface area contributed by atoms with Gasteiger partial charge in [-0.1, -0.05) is 31.2 Å². The van der Waals surface area contributed by atoms with E-state index >= 15 is 0 Å². The van der Waals surface area contributed by atoms with Crippen molar-refractivity contribution in [3.05, 3.63) is 59.7 Å². The average molecular weight is 387 g/mol. The lowest BCUT2D eigenvalue weighted by Gasteiger charge is -2.31. The topological polar surface area (TPSA) is 57.7 Å². The van der Waals surface area contributed by atoms with Gasteiger partial charge < -0.3 is 4.90 Å². The van der Waals surface area contributed by atoms with Crippen LogP contribution in [0.3, 0.4) is 0 Å². The average Bonchev–Trinajstić information content (AvgIpc) is 2.68. The number of hydrogen-bond donors (Lipinski definition) is 0. The van der Waals surface area contributed by atoms with E-state index < -0.39 is 10.0 Å². The molecule has 5 nitrogen and oxygen atoms in total. The van der Waals surface area contributed by atoms with Crippen LogP contribution >= 0.6 is 0 Å². The first-order chi connectivity index (χ1) is 12.8. The van der Waals surface area contributed by atoms with Crippen molar-refractivity contribution < 1.29 is 13.2 Å². The number of hydrogen-bond acceptors (Lipinski definition) is 3. The summed E-state index contributed by atoms with van der Waals surface area (Å²) >= 11 is 0. The molecule has 0 N–H and O–H groups in total. The van der Waals surface area contributed by atoms with Crippen LogP contribution in [0.1, 0.15) is 35.7 Å². The predicted molar refractivity (Wildman–Crippen MR) is 108 cm³/mol. The van der Waals surface area contributed by atoms with Crippen LogP contribution in [0.4, 0.5) is 5.69 Å². The molecule has 144 valence electrons. The third-order valence-corrected chi connectivity index (χ3v) is 6.93. The van der Waals surface area contributed by atoms with Gasteiger partial charge in [0.05, 0.1) is 10.6 Å². The number of nitrogens with zero attached hydrogens (tertiary/aromatic N) is 2. The molecule has 0 saturated carbocycles. The number of amides is 1. The largest absolute Gasteiger partial charge is 0.338 e. The van der Waals surface area contributed by atoms with E-state index in [4.69, 9.17) is 0 Å². The molecule has 0 radical (unpaired) electrons. The van der Waals surface area contributed by atoms with Gasteiger partial charge in [0, 0.05) is 25.7 Å². The first-order valence-electron chi connectivity index (χ1n) is 9.24. The van der Waals surface area contributed by atoms with Crippen molar-refractivity contribution in [2.75, 3.05) is 24.4 Å². The second-order valence-corrected chi connectivity index (χ2v) is 9.25. The van der Waals surface area contributed by atoms with Gasteiger partial charge in [-0.2, -0.15) is 0 Å². The number of carbonyl (C=O) groups is 1. The van der Waals surface area contributed by atoms with E-state index in [2.05, 4.69) is 6.92 Å². The summed E-state index contributed by atoms with van der Waals surface area (Å²) in [7, 11) is -2.15. The number of aryl methyl sites for hydroxylation is 1. The predicted octanol–water partition coefficient (Wildman–Crippen LogP) is 3.69. The van der Waals surface area contributed by atoms with Crippen molar-refractivity contribution in [3.8, 4) is 0 Å². The van der Waals surface area contributed by atoms with Crippen molar-refractivity contribution >= 4 is 21.6 Å². The van der Waals surface area contributed by atoms with E-state index in [1.54, 1.807) is 42.5 Å². The standard InChI is InChI=1S/C21H26N2O3S/c1-16-8-7-13-23(15-16)21(24)18-12-11-17(2)20(14-18)22(3)27(25,26)19-9-5-4-6-10-19/h4-6,9-12,14,16H,7-8,13,15H2,1-3H3/t16-/m1/s1. The highest BCUT2D eigenvalue weighted by Gasteiger charge is 2.25. The number of carbonyl (C=O) groups excluding carboxylic acids is 1. The summed E-state index contributed by atoms with van der Waals surface area (Å²) in [6.45, 7) is 5.51. The minimum Gasteiger partial charge on any atom is -0.338 e. The SMILES string of the molecule is Cc1ccc(C(=O)N2CCC[C@@H](C)C2)cc1N(C)S(=O)(=O)c1ccccc1. The fourth-order valence-corrected chi connectivity index (χ4v) is 4.79. The number of anilines is 1. The number of benzene rings is 2. The summed E-state index contributed by atoms with van der Waals surface area (Å²) in [6, 6.07) is 13.6. The molecule has 0 aromatic heterocycles. The summed E-state index contributed by atoms with van der Waals surface area (Å²) in [5, 5.41) is 0. The van der Waals surface area contributed by atoms with Gasteiger partial charge in [-0.15, -0.1) is 0 Å². The molecule has 27 heavy (non-hydrogen) atoms. The van der Waals surface area contributed by atoms with Gasteiger partial charge in [0.25, 0.3) is 15.9 Å². The second-order valence-electron chi connectivity index (χ2n) is 7.29. The quantitative estimate of drug-likeness (QED) is 0.805. The molecule has 1 aliphatic rings. The summed E-state index contributed by atoms with van der Waals surface area (Å²) in [6.07, 6.45) is 2.15. The fourth-order valence-electron chi connectivity index (χ4n) is 3.52. The lowest BCUT2D eigenvalue weighted by molar-refractivity contribution is 0.0683. The molecule has 2 aromatic carbocycles. The zero-order valence-electron chi connectivity index (χ0n) is 16.1. The maximum absolute atomic E-state index is 12.9. The van der Waals surface area contributed by atoms with Gasteiger partial charge in [0.15, 0.2) is 0 Å². The Balaban J connectivity index is 1.92. The van der Waals surface area contributed by atoms with Gasteiger partial charge in [0.2, 0.25) is 0 Å². The lowest BCUT2D eigenvalue weighted by atomic mass is 9.99. The van der Waals surface area contributed by atoms with E-state index in [0.717, 1.165) is 31.5 Å². The summed E-state index contributed by atoms with van der Waals surface area (Å²) in [5.74, 6) is 0.460. The van der Waals surface area contributed by atoms with Crippen molar-refractivity contribution in [2.24, 2.45) is 5.92 Å². The number of likely N-dealkylation sites (tertiary alicyclic amines) is 1. The Morgan fingerprint density at radius 1 is 1.15 bits per heavy atom. The van der Waals surface area contributed by atoms with Crippen molar-refractivity contribution in [2.45, 2.75) is 31.6 Å².